The first-order valence-corrected chi connectivity index (χ1v) is 40.7. The van der Waals surface area contributed by atoms with Gasteiger partial charge in [-0.15, -0.1) is 22.7 Å². The van der Waals surface area contributed by atoms with E-state index in [0.717, 1.165) is 67.4 Å². The standard InChI is InChI=1S/C19H14ClN5O.C18H14Cl2N4O.C18H16ClN3OS.C18H14F2N4O.C17H14ClN3OS/c1-25(18-10-22-12-23-11-18)17-5-14(4-15(20)6-17)19(26)7-16-3-2-13(8-21)9-24-16;1-24(17-9-21-11-22-10-17)16-5-12(4-14(20)7-16)18(25)8-15-6-13(19)2-3-23-15;1-12-11-24-18(21-12)9-17(23)13-6-14(19)8-16(7-13)22(2)15-4-3-5-20-10-15;1-24(17-9-21-11-22-10-17)16-5-12(4-14(20)6-16)18(25)7-15-3-2-13(19)8-23-15;1-21(14-3-2-4-19-11-14)15-8-12(7-13(18)9-15)16(22)10-17-20-5-6-23-17/h2-6,9-12H,7H2,1H3;2-7,9-11H,8H2,1H3;3-8,10-11H,9H2,1-2H3;2-6,8-11H,7H2,1H3;2-9,11H,10H2,1H3. The zero-order valence-corrected chi connectivity index (χ0v) is 71.9. The molecule has 0 unspecified atom stereocenters. The summed E-state index contributed by atoms with van der Waals surface area (Å²) in [5.74, 6) is -1.50. The van der Waals surface area contributed by atoms with E-state index in [4.69, 9.17) is 63.3 Å². The molecule has 10 heterocycles. The second-order valence-corrected chi connectivity index (χ2v) is 31.0. The molecule has 5 aromatic carbocycles. The average molecular weight is 1780 g/mol. The number of carbonyl (C=O) groups is 5. The summed E-state index contributed by atoms with van der Waals surface area (Å²) in [5.41, 5.74) is 13.2. The van der Waals surface area contributed by atoms with E-state index in [-0.39, 0.29) is 66.6 Å². The van der Waals surface area contributed by atoms with E-state index >= 15 is 0 Å². The van der Waals surface area contributed by atoms with Gasteiger partial charge in [0.25, 0.3) is 0 Å². The number of anilines is 10. The van der Waals surface area contributed by atoms with Crippen molar-refractivity contribution in [3.63, 3.8) is 0 Å². The summed E-state index contributed by atoms with van der Waals surface area (Å²) >= 11 is 33.8. The second kappa shape index (κ2) is 44.2. The minimum Gasteiger partial charge on any atom is -0.343 e. The molecule has 618 valence electrons. The summed E-state index contributed by atoms with van der Waals surface area (Å²) in [4.78, 5) is 125. The van der Waals surface area contributed by atoms with Gasteiger partial charge in [0.05, 0.1) is 122 Å². The SMILES string of the molecule is CN(c1cccnc1)c1cc(Cl)cc(C(=O)Cc2nccs2)c1.CN(c1cncnc1)c1cc(Cl)cc(C(=O)Cc2cc(Cl)ccn2)c1.CN(c1cncnc1)c1cc(Cl)cc(C(=O)Cc2ccc(C#N)cn2)c1.CN(c1cncnc1)c1cc(F)cc(C(=O)Cc2ccc(F)cn2)c1.Cc1csc(CC(=O)c2cc(Cl)cc(N(C)c3cccnc3)c2)n1. The van der Waals surface area contributed by atoms with Gasteiger partial charge in [0.15, 0.2) is 28.9 Å². The van der Waals surface area contributed by atoms with Gasteiger partial charge in [0, 0.05) is 181 Å². The van der Waals surface area contributed by atoms with Gasteiger partial charge in [0.1, 0.15) is 46.7 Å². The maximum Gasteiger partial charge on any atom is 0.169 e. The van der Waals surface area contributed by atoms with Gasteiger partial charge < -0.3 is 24.5 Å². The number of benzene rings is 5. The maximum atomic E-state index is 14.0. The number of nitrogens with zero attached hydrogens (tertiary/aromatic N) is 19. The fourth-order valence-electron chi connectivity index (χ4n) is 11.6. The molecule has 0 bridgehead atoms. The number of rotatable bonds is 25. The van der Waals surface area contributed by atoms with Gasteiger partial charge in [-0.2, -0.15) is 5.26 Å². The first-order valence-electron chi connectivity index (χ1n) is 37.1. The average Bonchev–Trinajstić information content (AvgIpc) is 1.83. The Morgan fingerprint density at radius 1 is 0.350 bits per heavy atom. The van der Waals surface area contributed by atoms with Gasteiger partial charge in [0.2, 0.25) is 0 Å². The summed E-state index contributed by atoms with van der Waals surface area (Å²) in [5, 5.41) is 16.8. The number of pyridine rings is 5. The van der Waals surface area contributed by atoms with Crippen molar-refractivity contribution in [2.24, 2.45) is 0 Å². The van der Waals surface area contributed by atoms with Crippen LogP contribution in [-0.2, 0) is 32.1 Å². The van der Waals surface area contributed by atoms with Crippen LogP contribution in [0.2, 0.25) is 25.1 Å². The number of Topliss-reactive ketones (excluding diaryl/α,β-unsaturated/α-hetero) is 5. The fourth-order valence-corrected chi connectivity index (χ4v) is 14.1. The number of aromatic nitrogens is 13. The van der Waals surface area contributed by atoms with Crippen LogP contribution < -0.4 is 24.5 Å². The predicted molar refractivity (Wildman–Crippen MR) is 479 cm³/mol. The quantitative estimate of drug-likeness (QED) is 0.0480. The van der Waals surface area contributed by atoms with Crippen LogP contribution in [0.15, 0.2) is 268 Å². The molecule has 0 amide bonds. The summed E-state index contributed by atoms with van der Waals surface area (Å²) in [6.45, 7) is 1.92. The molecule has 0 aliphatic heterocycles. The lowest BCUT2D eigenvalue weighted by molar-refractivity contribution is 0.0983. The van der Waals surface area contributed by atoms with Gasteiger partial charge >= 0.3 is 0 Å². The number of hydrogen-bond acceptors (Lipinski definition) is 26. The Balaban J connectivity index is 0.000000150. The number of aryl methyl sites for hydroxylation is 1. The van der Waals surface area contributed by atoms with Crippen LogP contribution in [0.25, 0.3) is 0 Å². The van der Waals surface area contributed by atoms with E-state index in [0.29, 0.717) is 81.4 Å². The molecule has 33 heteroatoms. The Morgan fingerprint density at radius 2 is 0.740 bits per heavy atom. The lowest BCUT2D eigenvalue weighted by Gasteiger charge is -2.20. The molecule has 15 rings (SSSR count). The van der Waals surface area contributed by atoms with Crippen molar-refractivity contribution in [2.75, 3.05) is 59.7 Å². The Morgan fingerprint density at radius 3 is 1.11 bits per heavy atom. The molecule has 0 aliphatic rings. The van der Waals surface area contributed by atoms with Crippen LogP contribution in [-0.4, -0.2) is 129 Å². The minimum atomic E-state index is -0.531. The van der Waals surface area contributed by atoms with Crippen LogP contribution in [0, 0.1) is 29.9 Å². The lowest BCUT2D eigenvalue weighted by atomic mass is 10.0. The minimum absolute atomic E-state index is 0.00304. The van der Waals surface area contributed by atoms with Crippen LogP contribution >= 0.6 is 80.7 Å². The van der Waals surface area contributed by atoms with Crippen LogP contribution in [0.3, 0.4) is 0 Å². The van der Waals surface area contributed by atoms with Crippen LogP contribution in [0.5, 0.6) is 0 Å². The van der Waals surface area contributed by atoms with Crippen molar-refractivity contribution < 1.29 is 32.8 Å². The van der Waals surface area contributed by atoms with Gasteiger partial charge in [-0.1, -0.05) is 58.0 Å². The molecule has 0 saturated heterocycles. The van der Waals surface area contributed by atoms with Gasteiger partial charge in [-0.25, -0.2) is 48.7 Å². The molecule has 10 aromatic heterocycles. The molecule has 0 spiro atoms. The molecule has 0 aliphatic carbocycles. The molecule has 0 N–H and O–H groups in total. The molecule has 0 radical (unpaired) electrons. The van der Waals surface area contributed by atoms with Crippen molar-refractivity contribution in [3.05, 3.63) is 371 Å². The second-order valence-electron chi connectivity index (χ2n) is 26.9. The summed E-state index contributed by atoms with van der Waals surface area (Å²) in [6.07, 6.45) is 27.8. The largest absolute Gasteiger partial charge is 0.343 e. The monoisotopic (exact) mass is 1780 g/mol. The van der Waals surface area contributed by atoms with Crippen LogP contribution in [0.1, 0.15) is 90.1 Å². The van der Waals surface area contributed by atoms with Crippen molar-refractivity contribution in [2.45, 2.75) is 39.0 Å². The van der Waals surface area contributed by atoms with Crippen molar-refractivity contribution in [3.8, 4) is 6.07 Å². The molecule has 0 atom stereocenters. The number of nitriles is 1. The number of thiazole rings is 2. The zero-order valence-electron chi connectivity index (χ0n) is 66.4. The summed E-state index contributed by atoms with van der Waals surface area (Å²) < 4.78 is 26.9. The highest BCUT2D eigenvalue weighted by molar-refractivity contribution is 7.10. The highest BCUT2D eigenvalue weighted by Gasteiger charge is 2.21. The lowest BCUT2D eigenvalue weighted by Crippen LogP contribution is -2.12. The van der Waals surface area contributed by atoms with Gasteiger partial charge in [-0.05, 0) is 159 Å². The Bertz CT molecular complexity index is 6170. The van der Waals surface area contributed by atoms with E-state index in [9.17, 15) is 32.8 Å². The number of hydrogen-bond donors (Lipinski definition) is 0. The maximum absolute atomic E-state index is 14.0. The third-order valence-electron chi connectivity index (χ3n) is 18.1. The fraction of sp³-hybridized carbons (Fsp3) is 0.122. The highest BCUT2D eigenvalue weighted by Crippen LogP contribution is 2.34. The first kappa shape index (κ1) is 90.3. The number of carbonyl (C=O) groups excluding carboxylic acids is 5. The highest BCUT2D eigenvalue weighted by atomic mass is 35.5. The van der Waals surface area contributed by atoms with E-state index in [1.54, 1.807) is 165 Å². The van der Waals surface area contributed by atoms with E-state index in [1.165, 1.54) is 72.1 Å². The third-order valence-corrected chi connectivity index (χ3v) is 21.0. The van der Waals surface area contributed by atoms with Crippen LogP contribution in [0.4, 0.5) is 65.7 Å². The summed E-state index contributed by atoms with van der Waals surface area (Å²) in [7, 11) is 9.26. The predicted octanol–water partition coefficient (Wildman–Crippen LogP) is 20.4. The van der Waals surface area contributed by atoms with Crippen molar-refractivity contribution in [1.29, 1.82) is 5.26 Å². The topological polar surface area (TPSA) is 293 Å². The normalized spacial score (nSPS) is 10.5. The Kier molecular flexibility index (Phi) is 32.4. The Labute approximate surface area is 739 Å². The molecule has 0 fully saturated rings. The first-order chi connectivity index (χ1) is 59.3. The van der Waals surface area contributed by atoms with E-state index in [1.807, 2.05) is 120 Å². The third kappa shape index (κ3) is 26.7. The summed E-state index contributed by atoms with van der Waals surface area (Å²) in [6, 6.07) is 44.2. The molecule has 15 aromatic rings. The molecule has 0 saturated carbocycles. The molecular formula is C90H72Cl5F2N19O5S2. The zero-order chi connectivity index (χ0) is 87.5. The van der Waals surface area contributed by atoms with E-state index < -0.39 is 11.6 Å². The number of ketones is 5. The van der Waals surface area contributed by atoms with Crippen molar-refractivity contribution in [1.82, 2.24) is 64.8 Å². The van der Waals surface area contributed by atoms with Gasteiger partial charge in [-0.3, -0.25) is 48.9 Å². The van der Waals surface area contributed by atoms with E-state index in [2.05, 4.69) is 64.8 Å². The molecule has 24 nitrogen and oxygen atoms in total. The number of halogens is 7. The smallest absolute Gasteiger partial charge is 0.169 e. The molecule has 123 heavy (non-hydrogen) atoms. The van der Waals surface area contributed by atoms with Crippen molar-refractivity contribution >= 4 is 166 Å². The molecular weight excluding hydrogens is 1710 g/mol. The Hall–Kier alpha value is -13.5.